The van der Waals surface area contributed by atoms with Crippen LogP contribution in [0, 0.1) is 25.6 Å². The number of nitrogens with one attached hydrogen (secondary N) is 1. The molecule has 1 amide bonds. The maximum absolute atomic E-state index is 12.9. The Bertz CT molecular complexity index is 1040. The van der Waals surface area contributed by atoms with Gasteiger partial charge in [-0.15, -0.1) is 12.8 Å². The number of alkyl halides is 6. The molecule has 0 aromatic heterocycles. The molecule has 2 aromatic carbocycles. The van der Waals surface area contributed by atoms with Gasteiger partial charge in [-0.1, -0.05) is 6.07 Å². The van der Waals surface area contributed by atoms with Crippen molar-refractivity contribution in [2.75, 3.05) is 20.1 Å². The van der Waals surface area contributed by atoms with Gasteiger partial charge >= 0.3 is 12.4 Å². The molecule has 0 aliphatic carbocycles. The van der Waals surface area contributed by atoms with Gasteiger partial charge in [0.1, 0.15) is 5.82 Å². The second-order valence-corrected chi connectivity index (χ2v) is 9.23. The SMILES string of the molecule is C#C.CC(C)N(C)C(=O)Cc1cc(C(F)(F)F)cc(C(F)(F)F)c1.Cc1cc(F)ccc1[C@@H]1CCCNC1. The van der Waals surface area contributed by atoms with E-state index < -0.39 is 35.8 Å². The molecule has 1 aliphatic heterocycles. The fourth-order valence-corrected chi connectivity index (χ4v) is 3.92. The van der Waals surface area contributed by atoms with E-state index in [4.69, 9.17) is 0 Å². The lowest BCUT2D eigenvalue weighted by molar-refractivity contribution is -0.143. The smallest absolute Gasteiger partial charge is 0.343 e. The Kier molecular flexibility index (Phi) is 12.3. The highest BCUT2D eigenvalue weighted by Crippen LogP contribution is 2.36. The molecule has 3 rings (SSSR count). The molecule has 0 saturated carbocycles. The average molecular weight is 547 g/mol. The van der Waals surface area contributed by atoms with E-state index in [1.165, 1.54) is 30.4 Å². The summed E-state index contributed by atoms with van der Waals surface area (Å²) >= 11 is 0. The molecule has 1 heterocycles. The Hall–Kier alpha value is -3.06. The van der Waals surface area contributed by atoms with Gasteiger partial charge in [0.2, 0.25) is 5.91 Å². The van der Waals surface area contributed by atoms with Crippen LogP contribution in [0.1, 0.15) is 60.4 Å². The maximum atomic E-state index is 12.9. The van der Waals surface area contributed by atoms with Gasteiger partial charge in [-0.3, -0.25) is 4.79 Å². The highest BCUT2D eigenvalue weighted by molar-refractivity contribution is 5.78. The number of terminal acetylenes is 1. The zero-order valence-electron chi connectivity index (χ0n) is 21.8. The molecule has 0 unspecified atom stereocenters. The van der Waals surface area contributed by atoms with Crippen LogP contribution in [-0.4, -0.2) is 37.0 Å². The van der Waals surface area contributed by atoms with Crippen LogP contribution in [-0.2, 0) is 23.6 Å². The Morgan fingerprint density at radius 3 is 2.00 bits per heavy atom. The second kappa shape index (κ2) is 14.2. The third kappa shape index (κ3) is 10.0. The maximum Gasteiger partial charge on any atom is 0.416 e. The lowest BCUT2D eigenvalue weighted by Crippen LogP contribution is -2.34. The molecule has 3 nitrogen and oxygen atoms in total. The first-order chi connectivity index (χ1) is 17.6. The molecule has 2 aromatic rings. The summed E-state index contributed by atoms with van der Waals surface area (Å²) < 4.78 is 89.1. The molecular weight excluding hydrogens is 513 g/mol. The number of carbonyl (C=O) groups is 1. The second-order valence-electron chi connectivity index (χ2n) is 9.23. The van der Waals surface area contributed by atoms with E-state index in [1.807, 2.05) is 13.0 Å². The Labute approximate surface area is 219 Å². The topological polar surface area (TPSA) is 32.3 Å². The van der Waals surface area contributed by atoms with Crippen molar-refractivity contribution in [2.24, 2.45) is 0 Å². The van der Waals surface area contributed by atoms with Gasteiger partial charge in [-0.05, 0) is 93.1 Å². The van der Waals surface area contributed by atoms with Gasteiger partial charge in [0.15, 0.2) is 0 Å². The molecule has 10 heteroatoms. The third-order valence-corrected chi connectivity index (χ3v) is 6.14. The van der Waals surface area contributed by atoms with Gasteiger partial charge in [0, 0.05) is 19.6 Å². The quantitative estimate of drug-likeness (QED) is 0.331. The van der Waals surface area contributed by atoms with E-state index in [1.54, 1.807) is 26.0 Å². The van der Waals surface area contributed by atoms with Crippen molar-refractivity contribution < 1.29 is 35.5 Å². The van der Waals surface area contributed by atoms with Crippen LogP contribution >= 0.6 is 0 Å². The largest absolute Gasteiger partial charge is 0.416 e. The van der Waals surface area contributed by atoms with Gasteiger partial charge < -0.3 is 10.2 Å². The first kappa shape index (κ1) is 33.0. The fourth-order valence-electron chi connectivity index (χ4n) is 3.92. The molecule has 1 N–H and O–H groups in total. The minimum absolute atomic E-state index is 0.0418. The summed E-state index contributed by atoms with van der Waals surface area (Å²) in [6.45, 7) is 7.52. The van der Waals surface area contributed by atoms with Crippen molar-refractivity contribution in [3.63, 3.8) is 0 Å². The van der Waals surface area contributed by atoms with E-state index in [0.717, 1.165) is 18.7 Å². The van der Waals surface area contributed by atoms with Crippen LogP contribution in [0.3, 0.4) is 0 Å². The highest BCUT2D eigenvalue weighted by Gasteiger charge is 2.37. The number of nitrogens with zero attached hydrogens (tertiary/aromatic N) is 1. The molecule has 1 fully saturated rings. The molecule has 210 valence electrons. The molecule has 0 spiro atoms. The summed E-state index contributed by atoms with van der Waals surface area (Å²) in [6, 6.07) is 6.10. The molecule has 0 bridgehead atoms. The summed E-state index contributed by atoms with van der Waals surface area (Å²) in [5.74, 6) is -0.109. The zero-order chi connectivity index (χ0) is 29.3. The third-order valence-electron chi connectivity index (χ3n) is 6.14. The van der Waals surface area contributed by atoms with E-state index >= 15 is 0 Å². The zero-order valence-corrected chi connectivity index (χ0v) is 21.8. The van der Waals surface area contributed by atoms with Crippen molar-refractivity contribution >= 4 is 5.91 Å². The molecule has 38 heavy (non-hydrogen) atoms. The Morgan fingerprint density at radius 2 is 1.58 bits per heavy atom. The number of hydrogen-bond acceptors (Lipinski definition) is 2. The number of rotatable bonds is 4. The van der Waals surface area contributed by atoms with E-state index in [2.05, 4.69) is 18.2 Å². The molecule has 1 saturated heterocycles. The van der Waals surface area contributed by atoms with Gasteiger partial charge in [0.25, 0.3) is 0 Å². The monoisotopic (exact) mass is 546 g/mol. The van der Waals surface area contributed by atoms with Crippen LogP contribution in [0.2, 0.25) is 0 Å². The number of likely N-dealkylation sites (N-methyl/N-ethyl adjacent to an activating group) is 1. The van der Waals surface area contributed by atoms with Crippen LogP contribution in [0.5, 0.6) is 0 Å². The van der Waals surface area contributed by atoms with Crippen molar-refractivity contribution in [1.29, 1.82) is 0 Å². The molecular formula is C28H33F7N2O. The predicted octanol–water partition coefficient (Wildman–Crippen LogP) is 6.98. The van der Waals surface area contributed by atoms with Crippen molar-refractivity contribution in [2.45, 2.75) is 64.3 Å². The highest BCUT2D eigenvalue weighted by atomic mass is 19.4. The first-order valence-electron chi connectivity index (χ1n) is 11.9. The summed E-state index contributed by atoms with van der Waals surface area (Å²) in [4.78, 5) is 13.1. The average Bonchev–Trinajstić information content (AvgIpc) is 2.84. The lowest BCUT2D eigenvalue weighted by Gasteiger charge is -2.24. The number of amides is 1. The molecule has 0 radical (unpaired) electrons. The summed E-state index contributed by atoms with van der Waals surface area (Å²) in [6.07, 6.45) is 0.0919. The Balaban J connectivity index is 0.000000385. The number of halogens is 7. The molecule has 1 atom stereocenters. The first-order valence-corrected chi connectivity index (χ1v) is 11.9. The summed E-state index contributed by atoms with van der Waals surface area (Å²) in [7, 11) is 1.44. The van der Waals surface area contributed by atoms with Gasteiger partial charge in [-0.25, -0.2) is 4.39 Å². The van der Waals surface area contributed by atoms with Gasteiger partial charge in [-0.2, -0.15) is 26.3 Å². The van der Waals surface area contributed by atoms with Crippen molar-refractivity contribution in [1.82, 2.24) is 10.2 Å². The van der Waals surface area contributed by atoms with Crippen LogP contribution in [0.15, 0.2) is 36.4 Å². The van der Waals surface area contributed by atoms with Crippen molar-refractivity contribution in [3.05, 3.63) is 70.0 Å². The predicted molar refractivity (Wildman–Crippen MR) is 134 cm³/mol. The molecule has 1 aliphatic rings. The summed E-state index contributed by atoms with van der Waals surface area (Å²) in [5.41, 5.74) is -0.772. The fraction of sp³-hybridized carbons (Fsp3) is 0.464. The minimum atomic E-state index is -4.91. The van der Waals surface area contributed by atoms with Crippen molar-refractivity contribution in [3.8, 4) is 12.8 Å². The minimum Gasteiger partial charge on any atom is -0.343 e. The van der Waals surface area contributed by atoms with Crippen LogP contribution < -0.4 is 5.32 Å². The van der Waals surface area contributed by atoms with Crippen LogP contribution in [0.25, 0.3) is 0 Å². The van der Waals surface area contributed by atoms with Gasteiger partial charge in [0.05, 0.1) is 17.5 Å². The number of hydrogen-bond donors (Lipinski definition) is 1. The van der Waals surface area contributed by atoms with E-state index in [-0.39, 0.29) is 23.5 Å². The number of benzene rings is 2. The summed E-state index contributed by atoms with van der Waals surface area (Å²) in [5, 5.41) is 3.38. The number of aryl methyl sites for hydroxylation is 1. The standard InChI is InChI=1S/C14H15F6NO.C12H16FN.C2H2/c1-8(2)21(3)12(22)6-9-4-10(13(15,16)17)7-11(5-9)14(18,19)20;1-9-7-11(13)4-5-12(9)10-3-2-6-14-8-10;1-2/h4-5,7-8H,6H2,1-3H3;4-5,7,10,14H,2-3,6,8H2,1H3;1-2H/t;10-;/m.1./s1. The normalized spacial score (nSPS) is 15.6. The number of piperidine rings is 1. The van der Waals surface area contributed by atoms with E-state index in [9.17, 15) is 35.5 Å². The Morgan fingerprint density at radius 1 is 1.03 bits per heavy atom. The number of carbonyl (C=O) groups excluding carboxylic acids is 1. The lowest BCUT2D eigenvalue weighted by atomic mass is 9.89. The van der Waals surface area contributed by atoms with E-state index in [0.29, 0.717) is 18.1 Å². The van der Waals surface area contributed by atoms with Crippen LogP contribution in [0.4, 0.5) is 30.7 Å².